The number of rotatable bonds is 1. The van der Waals surface area contributed by atoms with E-state index in [-0.39, 0.29) is 0 Å². The normalized spacial score (nSPS) is 47.5. The van der Waals surface area contributed by atoms with E-state index in [1.54, 1.807) is 0 Å². The van der Waals surface area contributed by atoms with Gasteiger partial charge in [0.2, 0.25) is 0 Å². The summed E-state index contributed by atoms with van der Waals surface area (Å²) in [5, 5.41) is 3.43. The Morgan fingerprint density at radius 3 is 2.92 bits per heavy atom. The molecule has 0 unspecified atom stereocenters. The van der Waals surface area contributed by atoms with Gasteiger partial charge >= 0.3 is 0 Å². The first-order valence-corrected chi connectivity index (χ1v) is 5.01. The van der Waals surface area contributed by atoms with Gasteiger partial charge in [0.1, 0.15) is 0 Å². The molecule has 68 valence electrons. The molecule has 0 aromatic rings. The van der Waals surface area contributed by atoms with Crippen LogP contribution in [-0.2, 0) is 4.74 Å². The lowest BCUT2D eigenvalue weighted by atomic mass is 10.2. The van der Waals surface area contributed by atoms with Gasteiger partial charge < -0.3 is 10.1 Å². The topological polar surface area (TPSA) is 24.5 Å². The van der Waals surface area contributed by atoms with E-state index >= 15 is 0 Å². The Kier molecular flexibility index (Phi) is 1.63. The third-order valence-electron chi connectivity index (χ3n) is 3.45. The molecule has 3 aliphatic heterocycles. The summed E-state index contributed by atoms with van der Waals surface area (Å²) in [6, 6.07) is 1.56. The molecule has 0 aliphatic carbocycles. The second-order valence-corrected chi connectivity index (χ2v) is 4.19. The fourth-order valence-electron chi connectivity index (χ4n) is 2.80. The van der Waals surface area contributed by atoms with E-state index in [0.29, 0.717) is 6.10 Å². The maximum atomic E-state index is 5.58. The summed E-state index contributed by atoms with van der Waals surface area (Å²) in [4.78, 5) is 2.66. The first-order valence-electron chi connectivity index (χ1n) is 5.01. The molecule has 3 heteroatoms. The van der Waals surface area contributed by atoms with Gasteiger partial charge in [-0.15, -0.1) is 0 Å². The van der Waals surface area contributed by atoms with Crippen LogP contribution in [0.5, 0.6) is 0 Å². The Morgan fingerprint density at radius 1 is 1.33 bits per heavy atom. The average Bonchev–Trinajstić information content (AvgIpc) is 2.81. The summed E-state index contributed by atoms with van der Waals surface area (Å²) in [7, 11) is 0. The maximum absolute atomic E-state index is 5.58. The number of fused-ring (bicyclic) bond motifs is 2. The van der Waals surface area contributed by atoms with Gasteiger partial charge in [-0.05, 0) is 19.4 Å². The molecule has 2 bridgehead atoms. The number of hydrogen-bond donors (Lipinski definition) is 1. The van der Waals surface area contributed by atoms with Crippen LogP contribution in [0.4, 0.5) is 0 Å². The van der Waals surface area contributed by atoms with Crippen molar-refractivity contribution in [2.45, 2.75) is 31.0 Å². The molecule has 3 heterocycles. The average molecular weight is 168 g/mol. The zero-order chi connectivity index (χ0) is 7.97. The first-order chi connectivity index (χ1) is 5.93. The van der Waals surface area contributed by atoms with Crippen LogP contribution in [-0.4, -0.2) is 49.3 Å². The van der Waals surface area contributed by atoms with Crippen LogP contribution in [0.2, 0.25) is 0 Å². The maximum Gasteiger partial charge on any atom is 0.0718 e. The highest BCUT2D eigenvalue weighted by molar-refractivity contribution is 4.96. The van der Waals surface area contributed by atoms with E-state index in [0.717, 1.165) is 18.7 Å². The smallest absolute Gasteiger partial charge is 0.0718 e. The number of likely N-dealkylation sites (tertiary alicyclic amines) is 1. The van der Waals surface area contributed by atoms with Crippen LogP contribution in [0.15, 0.2) is 0 Å². The molecular formula is C9H16N2O. The molecule has 3 nitrogen and oxygen atoms in total. The Bertz CT molecular complexity index is 179. The van der Waals surface area contributed by atoms with E-state index in [2.05, 4.69) is 10.2 Å². The monoisotopic (exact) mass is 168 g/mol. The first kappa shape index (κ1) is 7.30. The molecular weight excluding hydrogens is 152 g/mol. The predicted octanol–water partition coefficient (Wildman–Crippen LogP) is -0.179. The van der Waals surface area contributed by atoms with Crippen molar-refractivity contribution in [2.75, 3.05) is 26.2 Å². The molecule has 0 saturated carbocycles. The Labute approximate surface area is 73.1 Å². The summed E-state index contributed by atoms with van der Waals surface area (Å²) in [5.41, 5.74) is 0. The van der Waals surface area contributed by atoms with E-state index in [9.17, 15) is 0 Å². The highest BCUT2D eigenvalue weighted by atomic mass is 16.5. The Balaban J connectivity index is 1.69. The Hall–Kier alpha value is -0.120. The second kappa shape index (κ2) is 2.69. The van der Waals surface area contributed by atoms with Gasteiger partial charge in [0.15, 0.2) is 0 Å². The summed E-state index contributed by atoms with van der Waals surface area (Å²) < 4.78 is 5.58. The van der Waals surface area contributed by atoms with Gasteiger partial charge in [0.25, 0.3) is 0 Å². The number of hydrogen-bond acceptors (Lipinski definition) is 3. The van der Waals surface area contributed by atoms with Crippen molar-refractivity contribution in [1.82, 2.24) is 10.2 Å². The van der Waals surface area contributed by atoms with Crippen molar-refractivity contribution < 1.29 is 4.74 Å². The lowest BCUT2D eigenvalue weighted by Gasteiger charge is -2.31. The molecule has 0 aromatic carbocycles. The zero-order valence-electron chi connectivity index (χ0n) is 7.33. The van der Waals surface area contributed by atoms with E-state index in [1.807, 2.05) is 0 Å². The van der Waals surface area contributed by atoms with Gasteiger partial charge in [0.05, 0.1) is 12.7 Å². The van der Waals surface area contributed by atoms with Gasteiger partial charge in [-0.25, -0.2) is 0 Å². The third-order valence-corrected chi connectivity index (χ3v) is 3.45. The molecule has 12 heavy (non-hydrogen) atoms. The van der Waals surface area contributed by atoms with Crippen LogP contribution in [0.1, 0.15) is 12.8 Å². The van der Waals surface area contributed by atoms with Gasteiger partial charge in [-0.2, -0.15) is 0 Å². The van der Waals surface area contributed by atoms with Crippen molar-refractivity contribution in [3.63, 3.8) is 0 Å². The lowest BCUT2D eigenvalue weighted by Crippen LogP contribution is -2.45. The van der Waals surface area contributed by atoms with Gasteiger partial charge in [-0.1, -0.05) is 0 Å². The fraction of sp³-hybridized carbons (Fsp3) is 1.00. The molecule has 0 radical (unpaired) electrons. The molecule has 0 aromatic heterocycles. The highest BCUT2D eigenvalue weighted by Gasteiger charge is 2.42. The summed E-state index contributed by atoms with van der Waals surface area (Å²) >= 11 is 0. The molecule has 3 fully saturated rings. The number of nitrogens with one attached hydrogen (secondary N) is 1. The predicted molar refractivity (Wildman–Crippen MR) is 46.1 cm³/mol. The number of morpholine rings is 1. The van der Waals surface area contributed by atoms with Gasteiger partial charge in [-0.3, -0.25) is 4.90 Å². The lowest BCUT2D eigenvalue weighted by molar-refractivity contribution is 0.0150. The molecule has 0 amide bonds. The number of nitrogens with zero attached hydrogens (tertiary/aromatic N) is 1. The quantitative estimate of drug-likeness (QED) is 0.588. The largest absolute Gasteiger partial charge is 0.375 e. The molecule has 0 spiro atoms. The highest BCUT2D eigenvalue weighted by Crippen LogP contribution is 2.30. The number of ether oxygens (including phenoxy) is 1. The van der Waals surface area contributed by atoms with Crippen LogP contribution in [0.3, 0.4) is 0 Å². The molecule has 3 aliphatic rings. The van der Waals surface area contributed by atoms with Crippen molar-refractivity contribution in [3.05, 3.63) is 0 Å². The second-order valence-electron chi connectivity index (χ2n) is 4.19. The molecule has 3 atom stereocenters. The summed E-state index contributed by atoms with van der Waals surface area (Å²) in [6.07, 6.45) is 3.19. The molecule has 3 saturated heterocycles. The minimum atomic E-state index is 0.565. The van der Waals surface area contributed by atoms with Crippen LogP contribution < -0.4 is 5.32 Å². The minimum absolute atomic E-state index is 0.565. The van der Waals surface area contributed by atoms with E-state index < -0.39 is 0 Å². The third kappa shape index (κ3) is 1.00. The van der Waals surface area contributed by atoms with Crippen molar-refractivity contribution in [3.8, 4) is 0 Å². The van der Waals surface area contributed by atoms with Gasteiger partial charge in [0, 0.05) is 25.2 Å². The summed E-state index contributed by atoms with van der Waals surface area (Å²) in [6.45, 7) is 4.58. The van der Waals surface area contributed by atoms with Crippen molar-refractivity contribution in [2.24, 2.45) is 0 Å². The molecule has 3 rings (SSSR count). The van der Waals surface area contributed by atoms with E-state index in [4.69, 9.17) is 4.74 Å². The molecule has 1 N–H and O–H groups in total. The SMILES string of the molecule is C1C[C@H](N2C[C@H]3C[C@@H]2CO3)CN1. The van der Waals surface area contributed by atoms with Crippen molar-refractivity contribution >= 4 is 0 Å². The van der Waals surface area contributed by atoms with Crippen LogP contribution in [0.25, 0.3) is 0 Å². The standard InChI is InChI=1S/C9H16N2O/c1-2-10-4-7(1)11-5-9-3-8(11)6-12-9/h7-10H,1-6H2/t7-,8+,9+/m0/s1. The fourth-order valence-corrected chi connectivity index (χ4v) is 2.80. The Morgan fingerprint density at radius 2 is 2.33 bits per heavy atom. The van der Waals surface area contributed by atoms with Crippen LogP contribution >= 0.6 is 0 Å². The van der Waals surface area contributed by atoms with Crippen molar-refractivity contribution in [1.29, 1.82) is 0 Å². The summed E-state index contributed by atoms with van der Waals surface area (Å²) in [5.74, 6) is 0. The zero-order valence-corrected chi connectivity index (χ0v) is 7.33. The van der Waals surface area contributed by atoms with E-state index in [1.165, 1.54) is 32.5 Å². The minimum Gasteiger partial charge on any atom is -0.375 e. The van der Waals surface area contributed by atoms with Crippen LogP contribution in [0, 0.1) is 0 Å².